The molecule has 6 heteroatoms. The number of hydrogen-bond donors (Lipinski definition) is 2. The fourth-order valence-electron chi connectivity index (χ4n) is 2.69. The van der Waals surface area contributed by atoms with Gasteiger partial charge in [-0.05, 0) is 25.0 Å². The number of halogens is 1. The molecule has 2 fully saturated rings. The number of anilines is 1. The van der Waals surface area contributed by atoms with E-state index in [0.717, 1.165) is 19.4 Å². The smallest absolute Gasteiger partial charge is 0.151 e. The first-order chi connectivity index (χ1) is 8.25. The third-order valence-electron chi connectivity index (χ3n) is 3.62. The van der Waals surface area contributed by atoms with Crippen molar-refractivity contribution >= 4 is 17.4 Å². The van der Waals surface area contributed by atoms with Gasteiger partial charge in [0, 0.05) is 18.6 Å². The highest BCUT2D eigenvalue weighted by molar-refractivity contribution is 6.29. The van der Waals surface area contributed by atoms with E-state index in [9.17, 15) is 0 Å². The number of aromatic nitrogens is 2. The molecule has 0 amide bonds. The van der Waals surface area contributed by atoms with E-state index in [1.807, 2.05) is 0 Å². The molecule has 92 valence electrons. The average Bonchev–Trinajstić information content (AvgIpc) is 2.37. The second-order valence-electron chi connectivity index (χ2n) is 4.63. The summed E-state index contributed by atoms with van der Waals surface area (Å²) in [6.07, 6.45) is 2.50. The van der Waals surface area contributed by atoms with Gasteiger partial charge in [0.25, 0.3) is 0 Å². The van der Waals surface area contributed by atoms with Crippen LogP contribution in [0, 0.1) is 5.92 Å². The molecule has 17 heavy (non-hydrogen) atoms. The monoisotopic (exact) mass is 254 g/mol. The largest absolute Gasteiger partial charge is 0.376 e. The molecule has 2 heterocycles. The van der Waals surface area contributed by atoms with E-state index in [0.29, 0.717) is 16.9 Å². The Balaban J connectivity index is 1.67. The van der Waals surface area contributed by atoms with Crippen LogP contribution in [0.5, 0.6) is 0 Å². The lowest BCUT2D eigenvalue weighted by Crippen LogP contribution is -2.69. The number of fused-ring (bicyclic) bond motifs is 1. The Hall–Kier alpha value is -0.910. The quantitative estimate of drug-likeness (QED) is 0.825. The van der Waals surface area contributed by atoms with Crippen LogP contribution in [0.15, 0.2) is 12.1 Å². The fraction of sp³-hybridized carbons (Fsp3) is 0.636. The number of nitrogens with two attached hydrogens (primary N) is 1. The molecule has 0 spiro atoms. The predicted octanol–water partition coefficient (Wildman–Crippen LogP) is 1.05. The van der Waals surface area contributed by atoms with Crippen molar-refractivity contribution in [1.82, 2.24) is 10.2 Å². The van der Waals surface area contributed by atoms with Gasteiger partial charge in [-0.2, -0.15) is 0 Å². The summed E-state index contributed by atoms with van der Waals surface area (Å²) in [5.41, 5.74) is 6.14. The van der Waals surface area contributed by atoms with Crippen molar-refractivity contribution in [2.45, 2.75) is 31.0 Å². The van der Waals surface area contributed by atoms with Gasteiger partial charge in [0.05, 0.1) is 12.1 Å². The molecule has 0 bridgehead atoms. The summed E-state index contributed by atoms with van der Waals surface area (Å²) in [4.78, 5) is 0. The Morgan fingerprint density at radius 1 is 1.41 bits per heavy atom. The van der Waals surface area contributed by atoms with Crippen LogP contribution in [-0.4, -0.2) is 35.0 Å². The van der Waals surface area contributed by atoms with Gasteiger partial charge < -0.3 is 15.8 Å². The van der Waals surface area contributed by atoms with Crippen molar-refractivity contribution in [1.29, 1.82) is 0 Å². The summed E-state index contributed by atoms with van der Waals surface area (Å²) in [6.45, 7) is 0.832. The van der Waals surface area contributed by atoms with Gasteiger partial charge in [-0.1, -0.05) is 11.6 Å². The molecule has 0 aromatic carbocycles. The number of ether oxygens (including phenoxy) is 1. The fourth-order valence-corrected chi connectivity index (χ4v) is 2.79. The summed E-state index contributed by atoms with van der Waals surface area (Å²) in [6, 6.07) is 3.78. The third-order valence-corrected chi connectivity index (χ3v) is 3.83. The maximum atomic E-state index is 6.14. The molecule has 1 aromatic rings. The van der Waals surface area contributed by atoms with Crippen LogP contribution in [0.4, 0.5) is 5.82 Å². The minimum Gasteiger partial charge on any atom is -0.376 e. The molecule has 1 saturated heterocycles. The molecule has 5 nitrogen and oxygen atoms in total. The van der Waals surface area contributed by atoms with Gasteiger partial charge in [0.1, 0.15) is 5.82 Å². The van der Waals surface area contributed by atoms with E-state index < -0.39 is 0 Å². The van der Waals surface area contributed by atoms with Gasteiger partial charge in [0.15, 0.2) is 5.15 Å². The van der Waals surface area contributed by atoms with Crippen molar-refractivity contribution in [3.63, 3.8) is 0 Å². The van der Waals surface area contributed by atoms with Crippen molar-refractivity contribution in [2.75, 3.05) is 11.9 Å². The van der Waals surface area contributed by atoms with Crippen LogP contribution in [0.25, 0.3) is 0 Å². The molecule has 4 unspecified atom stereocenters. The van der Waals surface area contributed by atoms with Crippen LogP contribution in [0.3, 0.4) is 0 Å². The molecule has 3 rings (SSSR count). The van der Waals surface area contributed by atoms with E-state index in [1.54, 1.807) is 12.1 Å². The molecule has 1 aromatic heterocycles. The molecular weight excluding hydrogens is 240 g/mol. The molecule has 4 atom stereocenters. The molecule has 1 aliphatic heterocycles. The van der Waals surface area contributed by atoms with E-state index in [4.69, 9.17) is 22.1 Å². The molecule has 3 N–H and O–H groups in total. The van der Waals surface area contributed by atoms with Crippen molar-refractivity contribution in [3.05, 3.63) is 17.3 Å². The third kappa shape index (κ3) is 1.99. The minimum atomic E-state index is 0.135. The Kier molecular flexibility index (Phi) is 2.90. The summed E-state index contributed by atoms with van der Waals surface area (Å²) in [5, 5.41) is 11.4. The normalized spacial score (nSPS) is 35.9. The lowest BCUT2D eigenvalue weighted by Gasteiger charge is -2.52. The lowest BCUT2D eigenvalue weighted by molar-refractivity contribution is -0.104. The van der Waals surface area contributed by atoms with Gasteiger partial charge in [-0.3, -0.25) is 0 Å². The minimum absolute atomic E-state index is 0.135. The first kappa shape index (κ1) is 11.2. The Morgan fingerprint density at radius 3 is 3.06 bits per heavy atom. The van der Waals surface area contributed by atoms with E-state index in [2.05, 4.69) is 15.5 Å². The number of nitrogens with zero attached hydrogens (tertiary/aromatic N) is 2. The standard InChI is InChI=1S/C11H15ClN4O/c12-7-3-4-8(16-15-7)14-10-9(13)6-2-1-5-17-11(6)10/h3-4,6,9-11H,1-2,5,13H2,(H,14,16). The van der Waals surface area contributed by atoms with Gasteiger partial charge in [-0.15, -0.1) is 10.2 Å². The Morgan fingerprint density at radius 2 is 2.29 bits per heavy atom. The molecule has 0 radical (unpaired) electrons. The maximum absolute atomic E-state index is 6.14. The van der Waals surface area contributed by atoms with E-state index in [1.165, 1.54) is 0 Å². The van der Waals surface area contributed by atoms with Crippen LogP contribution < -0.4 is 11.1 Å². The first-order valence-electron chi connectivity index (χ1n) is 5.88. The van der Waals surface area contributed by atoms with Gasteiger partial charge in [-0.25, -0.2) is 0 Å². The number of hydrogen-bond acceptors (Lipinski definition) is 5. The van der Waals surface area contributed by atoms with E-state index >= 15 is 0 Å². The summed E-state index contributed by atoms with van der Waals surface area (Å²) in [5.74, 6) is 1.18. The van der Waals surface area contributed by atoms with Crippen molar-refractivity contribution < 1.29 is 4.74 Å². The topological polar surface area (TPSA) is 73.1 Å². The maximum Gasteiger partial charge on any atom is 0.151 e. The summed E-state index contributed by atoms with van der Waals surface area (Å²) < 4.78 is 5.74. The highest BCUT2D eigenvalue weighted by Crippen LogP contribution is 2.38. The highest BCUT2D eigenvalue weighted by atomic mass is 35.5. The average molecular weight is 255 g/mol. The first-order valence-corrected chi connectivity index (χ1v) is 6.26. The summed E-state index contributed by atoms with van der Waals surface area (Å²) >= 11 is 5.68. The zero-order chi connectivity index (χ0) is 11.8. The van der Waals surface area contributed by atoms with Gasteiger partial charge >= 0.3 is 0 Å². The number of nitrogens with one attached hydrogen (secondary N) is 1. The Bertz CT molecular complexity index is 399. The zero-order valence-electron chi connectivity index (χ0n) is 9.34. The molecule has 1 saturated carbocycles. The highest BCUT2D eigenvalue weighted by Gasteiger charge is 2.50. The van der Waals surface area contributed by atoms with Crippen LogP contribution in [0.2, 0.25) is 5.15 Å². The predicted molar refractivity (Wildman–Crippen MR) is 64.9 cm³/mol. The van der Waals surface area contributed by atoms with Gasteiger partial charge in [0.2, 0.25) is 0 Å². The second-order valence-corrected chi connectivity index (χ2v) is 5.02. The summed E-state index contributed by atoms with van der Waals surface area (Å²) in [7, 11) is 0. The molecular formula is C11H15ClN4O. The van der Waals surface area contributed by atoms with Crippen LogP contribution in [0.1, 0.15) is 12.8 Å². The molecule has 1 aliphatic carbocycles. The van der Waals surface area contributed by atoms with Crippen LogP contribution >= 0.6 is 11.6 Å². The SMILES string of the molecule is NC1C2CCCOC2C1Nc1ccc(Cl)nn1. The van der Waals surface area contributed by atoms with Crippen LogP contribution in [-0.2, 0) is 4.74 Å². The second kappa shape index (κ2) is 4.40. The number of rotatable bonds is 2. The Labute approximate surface area is 105 Å². The van der Waals surface area contributed by atoms with Crippen molar-refractivity contribution in [3.8, 4) is 0 Å². The lowest BCUT2D eigenvalue weighted by atomic mass is 9.68. The zero-order valence-corrected chi connectivity index (χ0v) is 10.1. The van der Waals surface area contributed by atoms with E-state index in [-0.39, 0.29) is 18.2 Å². The molecule has 2 aliphatic rings. The van der Waals surface area contributed by atoms with Crippen molar-refractivity contribution in [2.24, 2.45) is 11.7 Å².